The lowest BCUT2D eigenvalue weighted by molar-refractivity contribution is -0.375. The Bertz CT molecular complexity index is 1550. The maximum Gasteiger partial charge on any atom is 0.338 e. The number of rotatable bonds is 14. The highest BCUT2D eigenvalue weighted by atomic mass is 16.8. The summed E-state index contributed by atoms with van der Waals surface area (Å²) in [5.41, 5.74) is -1.86. The highest BCUT2D eigenvalue weighted by molar-refractivity contribution is 5.91. The zero-order valence-electron chi connectivity index (χ0n) is 29.4. The average Bonchev–Trinajstić information content (AvgIpc) is 3.44. The lowest BCUT2D eigenvalue weighted by atomic mass is 9.96. The largest absolute Gasteiger partial charge is 0.504 e. The third-order valence-corrected chi connectivity index (χ3v) is 9.38. The second-order valence-electron chi connectivity index (χ2n) is 13.1. The number of aliphatic hydroxyl groups is 7. The van der Waals surface area contributed by atoms with Crippen LogP contribution in [0.25, 0.3) is 0 Å². The van der Waals surface area contributed by atoms with Crippen LogP contribution in [0.3, 0.4) is 0 Å². The number of phenolic OH excluding ortho intramolecular Hbond substituents is 3. The van der Waals surface area contributed by atoms with E-state index in [0.717, 1.165) is 0 Å². The number of methoxy groups -OCH3 is 2. The van der Waals surface area contributed by atoms with E-state index in [2.05, 4.69) is 0 Å². The Labute approximate surface area is 308 Å². The molecule has 0 saturated carbocycles. The summed E-state index contributed by atoms with van der Waals surface area (Å²) in [7, 11) is 2.51. The Balaban J connectivity index is 1.35. The fourth-order valence-electron chi connectivity index (χ4n) is 6.11. The van der Waals surface area contributed by atoms with E-state index in [1.165, 1.54) is 51.5 Å². The first-order valence-electron chi connectivity index (χ1n) is 16.8. The topological polar surface area (TPSA) is 302 Å². The van der Waals surface area contributed by atoms with Gasteiger partial charge < -0.3 is 93.7 Å². The standard InChI is InChI=1S/C34H46O20/c1-14-22(38)25(41)26(42)31(51-14)53-27-24(40)21(11-35)52-32(48-7-6-15-4-5-17(36)18(37)8-15)28(27)54-33-29(43)34(45,13-50-33)12-49-30(44)16-9-19(46-2)23(39)20(10-16)47-3/h4-5,8-10,14,21-22,24-29,31-33,35-43,45H,6-7,11-13H2,1-3H3/t14-,21+,22-,24+,25+,26+,27-,28+,29-,31-,32+,33-,34+/m0/s1. The molecular formula is C34H46O20. The van der Waals surface area contributed by atoms with Crippen LogP contribution in [-0.4, -0.2) is 177 Å². The van der Waals surface area contributed by atoms with Gasteiger partial charge >= 0.3 is 5.97 Å². The van der Waals surface area contributed by atoms with Gasteiger partial charge in [-0.25, -0.2) is 4.79 Å². The molecule has 54 heavy (non-hydrogen) atoms. The minimum absolute atomic E-state index is 0.0981. The zero-order valence-corrected chi connectivity index (χ0v) is 29.4. The number of phenols is 3. The van der Waals surface area contributed by atoms with Gasteiger partial charge in [-0.05, 0) is 43.2 Å². The highest BCUT2D eigenvalue weighted by Gasteiger charge is 2.56. The van der Waals surface area contributed by atoms with Crippen LogP contribution in [0.2, 0.25) is 0 Å². The Morgan fingerprint density at radius 2 is 1.50 bits per heavy atom. The van der Waals surface area contributed by atoms with E-state index >= 15 is 0 Å². The summed E-state index contributed by atoms with van der Waals surface area (Å²) in [6, 6.07) is 6.43. The lowest BCUT2D eigenvalue weighted by Gasteiger charge is -2.47. The van der Waals surface area contributed by atoms with E-state index in [1.807, 2.05) is 0 Å². The van der Waals surface area contributed by atoms with Crippen LogP contribution in [0.15, 0.2) is 30.3 Å². The molecular weight excluding hydrogens is 728 g/mol. The van der Waals surface area contributed by atoms with Crippen LogP contribution >= 0.6 is 0 Å². The smallest absolute Gasteiger partial charge is 0.338 e. The van der Waals surface area contributed by atoms with Gasteiger partial charge in [-0.3, -0.25) is 0 Å². The summed E-state index contributed by atoms with van der Waals surface area (Å²) in [5.74, 6) is -2.27. The van der Waals surface area contributed by atoms with Crippen LogP contribution in [0, 0.1) is 0 Å². The fourth-order valence-corrected chi connectivity index (χ4v) is 6.11. The Morgan fingerprint density at radius 3 is 2.13 bits per heavy atom. The molecule has 5 rings (SSSR count). The van der Waals surface area contributed by atoms with Crippen LogP contribution in [-0.2, 0) is 39.6 Å². The number of hydrogen-bond acceptors (Lipinski definition) is 20. The monoisotopic (exact) mass is 774 g/mol. The predicted molar refractivity (Wildman–Crippen MR) is 175 cm³/mol. The molecule has 3 saturated heterocycles. The maximum absolute atomic E-state index is 12.9. The van der Waals surface area contributed by atoms with Crippen molar-refractivity contribution in [2.45, 2.75) is 92.8 Å². The number of benzene rings is 2. The Morgan fingerprint density at radius 1 is 0.833 bits per heavy atom. The van der Waals surface area contributed by atoms with Crippen molar-refractivity contribution in [3.8, 4) is 28.7 Å². The van der Waals surface area contributed by atoms with Crippen LogP contribution in [0.1, 0.15) is 22.8 Å². The summed E-state index contributed by atoms with van der Waals surface area (Å²) in [5, 5.41) is 105. The molecule has 13 atom stereocenters. The first-order chi connectivity index (χ1) is 25.6. The molecule has 2 aromatic rings. The number of carbonyl (C=O) groups excluding carboxylic acids is 1. The number of hydrogen-bond donors (Lipinski definition) is 10. The molecule has 2 aromatic carbocycles. The SMILES string of the molecule is COc1cc(C(=O)OC[C@@]2(O)CO[C@@H](O[C@H]3[C@H](OCCc4ccc(O)c(O)c4)O[C@H](CO)[C@@H](O)[C@@H]3O[C@@H]3O[C@@H](C)[C@H](O)[C@@H](O)[C@H]3O)[C@@H]2O)cc(OC)c1O. The summed E-state index contributed by atoms with van der Waals surface area (Å²) >= 11 is 0. The molecule has 3 aliphatic rings. The maximum atomic E-state index is 12.9. The molecule has 0 aliphatic carbocycles. The molecule has 20 heteroatoms. The molecule has 0 spiro atoms. The normalized spacial score (nSPS) is 35.4. The number of aliphatic hydroxyl groups excluding tert-OH is 6. The van der Waals surface area contributed by atoms with E-state index in [4.69, 9.17) is 42.6 Å². The van der Waals surface area contributed by atoms with Crippen molar-refractivity contribution in [2.24, 2.45) is 0 Å². The number of ether oxygens (including phenoxy) is 9. The molecule has 20 nitrogen and oxygen atoms in total. The first kappa shape index (κ1) is 41.6. The number of esters is 1. The lowest BCUT2D eigenvalue weighted by Crippen LogP contribution is -2.65. The second-order valence-corrected chi connectivity index (χ2v) is 13.1. The van der Waals surface area contributed by atoms with Gasteiger partial charge in [0.1, 0.15) is 55.4 Å². The molecule has 3 heterocycles. The van der Waals surface area contributed by atoms with E-state index < -0.39 is 105 Å². The third kappa shape index (κ3) is 8.76. The van der Waals surface area contributed by atoms with E-state index in [-0.39, 0.29) is 47.3 Å². The van der Waals surface area contributed by atoms with Gasteiger partial charge in [0.15, 0.2) is 47.5 Å². The van der Waals surface area contributed by atoms with Crippen LogP contribution in [0.4, 0.5) is 0 Å². The van der Waals surface area contributed by atoms with Gasteiger partial charge in [-0.1, -0.05) is 6.07 Å². The fraction of sp³-hybridized carbons (Fsp3) is 0.618. The first-order valence-corrected chi connectivity index (χ1v) is 16.8. The molecule has 0 bridgehead atoms. The summed E-state index contributed by atoms with van der Waals surface area (Å²) in [6.07, 6.45) is -19.2. The van der Waals surface area contributed by atoms with Gasteiger partial charge in [0.25, 0.3) is 0 Å². The van der Waals surface area contributed by atoms with Gasteiger partial charge in [-0.15, -0.1) is 0 Å². The van der Waals surface area contributed by atoms with E-state index in [1.54, 1.807) is 0 Å². The number of aromatic hydroxyl groups is 3. The predicted octanol–water partition coefficient (Wildman–Crippen LogP) is -2.64. The molecule has 3 fully saturated rings. The minimum atomic E-state index is -2.26. The van der Waals surface area contributed by atoms with E-state index in [9.17, 15) is 55.9 Å². The highest BCUT2D eigenvalue weighted by Crippen LogP contribution is 2.38. The van der Waals surface area contributed by atoms with Gasteiger partial charge in [0.2, 0.25) is 5.75 Å². The van der Waals surface area contributed by atoms with Crippen molar-refractivity contribution in [3.05, 3.63) is 41.5 Å². The molecule has 0 unspecified atom stereocenters. The van der Waals surface area contributed by atoms with Crippen molar-refractivity contribution in [2.75, 3.05) is 40.6 Å². The average molecular weight is 775 g/mol. The molecule has 302 valence electrons. The van der Waals surface area contributed by atoms with Crippen LogP contribution in [0.5, 0.6) is 28.7 Å². The summed E-state index contributed by atoms with van der Waals surface area (Å²) in [6.45, 7) is -0.983. The van der Waals surface area contributed by atoms with E-state index in [0.29, 0.717) is 5.56 Å². The molecule has 0 aromatic heterocycles. The van der Waals surface area contributed by atoms with Crippen molar-refractivity contribution >= 4 is 5.97 Å². The van der Waals surface area contributed by atoms with Crippen molar-refractivity contribution in [1.29, 1.82) is 0 Å². The molecule has 0 radical (unpaired) electrons. The summed E-state index contributed by atoms with van der Waals surface area (Å²) < 4.78 is 50.2. The summed E-state index contributed by atoms with van der Waals surface area (Å²) in [4.78, 5) is 12.9. The second kappa shape index (κ2) is 17.5. The van der Waals surface area contributed by atoms with Crippen molar-refractivity contribution in [3.63, 3.8) is 0 Å². The van der Waals surface area contributed by atoms with Gasteiger partial charge in [-0.2, -0.15) is 0 Å². The molecule has 3 aliphatic heterocycles. The Hall–Kier alpha value is -3.61. The third-order valence-electron chi connectivity index (χ3n) is 9.38. The van der Waals surface area contributed by atoms with Gasteiger partial charge in [0.05, 0.1) is 45.7 Å². The van der Waals surface area contributed by atoms with Gasteiger partial charge in [0, 0.05) is 0 Å². The molecule has 0 amide bonds. The van der Waals surface area contributed by atoms with Crippen molar-refractivity contribution < 1.29 is 98.5 Å². The quantitative estimate of drug-likeness (QED) is 0.0693. The van der Waals surface area contributed by atoms with Crippen molar-refractivity contribution in [1.82, 2.24) is 0 Å². The Kier molecular flexibility index (Phi) is 13.4. The van der Waals surface area contributed by atoms with Crippen LogP contribution < -0.4 is 9.47 Å². The zero-order chi connectivity index (χ0) is 39.5. The number of carbonyl (C=O) groups is 1. The molecule has 10 N–H and O–H groups in total. The minimum Gasteiger partial charge on any atom is -0.504 e.